The summed E-state index contributed by atoms with van der Waals surface area (Å²) in [5.41, 5.74) is 4.95. The first-order valence-electron chi connectivity index (χ1n) is 7.04. The van der Waals surface area contributed by atoms with Crippen LogP contribution in [0.2, 0.25) is 5.02 Å². The molecular weight excluding hydrogens is 303 g/mol. The fourth-order valence-electron chi connectivity index (χ4n) is 3.20. The molecule has 4 rings (SSSR count). The first-order valence-corrected chi connectivity index (χ1v) is 7.96. The van der Waals surface area contributed by atoms with E-state index in [1.165, 1.54) is 11.1 Å². The number of nitrogens with zero attached hydrogens (tertiary/aromatic N) is 2. The topological polar surface area (TPSA) is 17.8 Å². The maximum absolute atomic E-state index is 6.07. The molecule has 0 aliphatic heterocycles. The number of hydrogen-bond acceptors (Lipinski definition) is 1. The zero-order valence-corrected chi connectivity index (χ0v) is 12.9. The third-order valence-corrected chi connectivity index (χ3v) is 4.75. The van der Waals surface area contributed by atoms with E-state index in [-0.39, 0.29) is 0 Å². The number of aromatic nitrogens is 2. The van der Waals surface area contributed by atoms with Crippen LogP contribution in [0.4, 0.5) is 0 Å². The van der Waals surface area contributed by atoms with E-state index in [1.54, 1.807) is 0 Å². The molecule has 0 fully saturated rings. The minimum atomic E-state index is 0.417. The van der Waals surface area contributed by atoms with Crippen LogP contribution in [0.1, 0.15) is 22.9 Å². The van der Waals surface area contributed by atoms with Crippen LogP contribution >= 0.6 is 23.2 Å². The van der Waals surface area contributed by atoms with Gasteiger partial charge < -0.3 is 4.57 Å². The molecule has 2 nitrogen and oxygen atoms in total. The van der Waals surface area contributed by atoms with Crippen molar-refractivity contribution in [3.05, 3.63) is 64.4 Å². The van der Waals surface area contributed by atoms with Crippen molar-refractivity contribution in [1.82, 2.24) is 9.55 Å². The molecule has 4 heteroatoms. The van der Waals surface area contributed by atoms with Crippen molar-refractivity contribution in [3.63, 3.8) is 0 Å². The van der Waals surface area contributed by atoms with E-state index in [0.717, 1.165) is 29.8 Å². The SMILES string of the molecule is ClCc1nc2cc(Cl)ccc2n1CC1Cc2ccccc21. The van der Waals surface area contributed by atoms with Gasteiger partial charge in [-0.3, -0.25) is 0 Å². The van der Waals surface area contributed by atoms with Crippen LogP contribution in [0.15, 0.2) is 42.5 Å². The van der Waals surface area contributed by atoms with Gasteiger partial charge in [0.1, 0.15) is 5.82 Å². The van der Waals surface area contributed by atoms with Crippen LogP contribution in [-0.2, 0) is 18.8 Å². The monoisotopic (exact) mass is 316 g/mol. The summed E-state index contributed by atoms with van der Waals surface area (Å²) in [7, 11) is 0. The highest BCUT2D eigenvalue weighted by Gasteiger charge is 2.27. The fraction of sp³-hybridized carbons (Fsp3) is 0.235. The number of hydrogen-bond donors (Lipinski definition) is 0. The van der Waals surface area contributed by atoms with Crippen molar-refractivity contribution in [1.29, 1.82) is 0 Å². The molecule has 0 N–H and O–H groups in total. The Hall–Kier alpha value is -1.51. The van der Waals surface area contributed by atoms with E-state index in [2.05, 4.69) is 33.8 Å². The van der Waals surface area contributed by atoms with Gasteiger partial charge in [0.25, 0.3) is 0 Å². The normalized spacial score (nSPS) is 16.8. The molecule has 3 aromatic rings. The number of alkyl halides is 1. The van der Waals surface area contributed by atoms with E-state index in [4.69, 9.17) is 23.2 Å². The lowest BCUT2D eigenvalue weighted by atomic mass is 9.77. The number of halogens is 2. The van der Waals surface area contributed by atoms with Gasteiger partial charge in [-0.15, -0.1) is 11.6 Å². The second-order valence-corrected chi connectivity index (χ2v) is 6.21. The quantitative estimate of drug-likeness (QED) is 0.636. The highest BCUT2D eigenvalue weighted by molar-refractivity contribution is 6.31. The number of rotatable bonds is 3. The Morgan fingerprint density at radius 3 is 2.86 bits per heavy atom. The van der Waals surface area contributed by atoms with E-state index in [1.807, 2.05) is 18.2 Å². The van der Waals surface area contributed by atoms with E-state index in [9.17, 15) is 0 Å². The van der Waals surface area contributed by atoms with Crippen molar-refractivity contribution in [3.8, 4) is 0 Å². The van der Waals surface area contributed by atoms with Crippen molar-refractivity contribution in [2.45, 2.75) is 24.8 Å². The van der Waals surface area contributed by atoms with Gasteiger partial charge in [-0.2, -0.15) is 0 Å². The van der Waals surface area contributed by atoms with Gasteiger partial charge in [-0.25, -0.2) is 4.98 Å². The largest absolute Gasteiger partial charge is 0.326 e. The van der Waals surface area contributed by atoms with Crippen LogP contribution < -0.4 is 0 Å². The summed E-state index contributed by atoms with van der Waals surface area (Å²) in [6, 6.07) is 14.5. The first kappa shape index (κ1) is 13.2. The molecule has 1 heterocycles. The first-order chi connectivity index (χ1) is 10.3. The van der Waals surface area contributed by atoms with Gasteiger partial charge in [-0.05, 0) is 35.7 Å². The summed E-state index contributed by atoms with van der Waals surface area (Å²) in [6.07, 6.45) is 1.13. The average molecular weight is 317 g/mol. The molecule has 0 saturated heterocycles. The third-order valence-electron chi connectivity index (χ3n) is 4.27. The van der Waals surface area contributed by atoms with Crippen molar-refractivity contribution in [2.75, 3.05) is 0 Å². The molecule has 0 amide bonds. The zero-order chi connectivity index (χ0) is 14.4. The van der Waals surface area contributed by atoms with Gasteiger partial charge in [0.2, 0.25) is 0 Å². The summed E-state index contributed by atoms with van der Waals surface area (Å²) in [4.78, 5) is 4.61. The molecule has 106 valence electrons. The molecule has 0 spiro atoms. The molecular formula is C17H14Cl2N2. The Bertz CT molecular complexity index is 823. The zero-order valence-electron chi connectivity index (χ0n) is 11.4. The molecule has 1 aliphatic rings. The number of imidazole rings is 1. The maximum Gasteiger partial charge on any atom is 0.124 e. The van der Waals surface area contributed by atoms with E-state index < -0.39 is 0 Å². The predicted octanol–water partition coefficient (Wildman–Crippen LogP) is 4.77. The van der Waals surface area contributed by atoms with E-state index in [0.29, 0.717) is 16.8 Å². The molecule has 21 heavy (non-hydrogen) atoms. The van der Waals surface area contributed by atoms with Crippen LogP contribution in [0.25, 0.3) is 11.0 Å². The molecule has 0 radical (unpaired) electrons. The molecule has 2 aromatic carbocycles. The Balaban J connectivity index is 1.74. The Morgan fingerprint density at radius 2 is 2.05 bits per heavy atom. The highest BCUT2D eigenvalue weighted by atomic mass is 35.5. The van der Waals surface area contributed by atoms with Crippen molar-refractivity contribution < 1.29 is 0 Å². The fourth-order valence-corrected chi connectivity index (χ4v) is 3.57. The number of benzene rings is 2. The lowest BCUT2D eigenvalue weighted by molar-refractivity contribution is 0.508. The molecule has 0 saturated carbocycles. The lowest BCUT2D eigenvalue weighted by Crippen LogP contribution is -2.22. The van der Waals surface area contributed by atoms with Crippen LogP contribution in [0.3, 0.4) is 0 Å². The van der Waals surface area contributed by atoms with Gasteiger partial charge in [0.05, 0.1) is 16.9 Å². The van der Waals surface area contributed by atoms with Crippen molar-refractivity contribution >= 4 is 34.2 Å². The van der Waals surface area contributed by atoms with Crippen LogP contribution in [-0.4, -0.2) is 9.55 Å². The minimum Gasteiger partial charge on any atom is -0.326 e. The van der Waals surface area contributed by atoms with Gasteiger partial charge in [0.15, 0.2) is 0 Å². The van der Waals surface area contributed by atoms with Crippen molar-refractivity contribution in [2.24, 2.45) is 0 Å². The summed E-state index contributed by atoms with van der Waals surface area (Å²) < 4.78 is 2.24. The lowest BCUT2D eigenvalue weighted by Gasteiger charge is -2.31. The average Bonchev–Trinajstić information content (AvgIpc) is 2.81. The molecule has 1 atom stereocenters. The summed E-state index contributed by atoms with van der Waals surface area (Å²) in [6.45, 7) is 0.928. The van der Waals surface area contributed by atoms with Gasteiger partial charge >= 0.3 is 0 Å². The molecule has 1 aliphatic carbocycles. The second kappa shape index (κ2) is 5.04. The summed E-state index contributed by atoms with van der Waals surface area (Å²) in [5, 5.41) is 0.710. The van der Waals surface area contributed by atoms with E-state index >= 15 is 0 Å². The molecule has 1 unspecified atom stereocenters. The summed E-state index contributed by atoms with van der Waals surface area (Å²) >= 11 is 12.1. The van der Waals surface area contributed by atoms with Gasteiger partial charge in [-0.1, -0.05) is 35.9 Å². The molecule has 1 aromatic heterocycles. The Kier molecular flexibility index (Phi) is 3.16. The highest BCUT2D eigenvalue weighted by Crippen LogP contribution is 2.37. The second-order valence-electron chi connectivity index (χ2n) is 5.51. The molecule has 0 bridgehead atoms. The van der Waals surface area contributed by atoms with Crippen LogP contribution in [0.5, 0.6) is 0 Å². The maximum atomic E-state index is 6.07. The van der Waals surface area contributed by atoms with Gasteiger partial charge in [0, 0.05) is 17.5 Å². The summed E-state index contributed by atoms with van der Waals surface area (Å²) in [5.74, 6) is 1.88. The Labute approximate surface area is 133 Å². The predicted molar refractivity (Wildman–Crippen MR) is 87.2 cm³/mol. The standard InChI is InChI=1S/C17H14Cl2N2/c18-9-17-20-15-8-13(19)5-6-16(15)21(17)10-12-7-11-3-1-2-4-14(11)12/h1-6,8,12H,7,9-10H2. The number of fused-ring (bicyclic) bond motifs is 2. The smallest absolute Gasteiger partial charge is 0.124 e. The Morgan fingerprint density at radius 1 is 1.19 bits per heavy atom. The van der Waals surface area contributed by atoms with Crippen LogP contribution in [0, 0.1) is 0 Å². The minimum absolute atomic E-state index is 0.417. The third kappa shape index (κ3) is 2.14.